The predicted molar refractivity (Wildman–Crippen MR) is 67.8 cm³/mol. The highest BCUT2D eigenvalue weighted by atomic mass is 79.9. The molecule has 88 valence electrons. The van der Waals surface area contributed by atoms with E-state index in [4.69, 9.17) is 0 Å². The summed E-state index contributed by atoms with van der Waals surface area (Å²) in [5.41, 5.74) is 1.17. The lowest BCUT2D eigenvalue weighted by atomic mass is 10.2. The molecule has 17 heavy (non-hydrogen) atoms. The van der Waals surface area contributed by atoms with E-state index in [1.165, 1.54) is 18.2 Å². The first-order chi connectivity index (χ1) is 8.15. The monoisotopic (exact) mass is 297 g/mol. The van der Waals surface area contributed by atoms with Crippen LogP contribution >= 0.6 is 15.9 Å². The van der Waals surface area contributed by atoms with Gasteiger partial charge in [0.2, 0.25) is 0 Å². The van der Waals surface area contributed by atoms with Crippen molar-refractivity contribution in [3.63, 3.8) is 0 Å². The Balaban J connectivity index is 2.07. The smallest absolute Gasteiger partial charge is 0.129 e. The summed E-state index contributed by atoms with van der Waals surface area (Å²) >= 11 is 3.19. The van der Waals surface area contributed by atoms with Crippen molar-refractivity contribution in [1.82, 2.24) is 0 Å². The van der Waals surface area contributed by atoms with Crippen molar-refractivity contribution in [1.29, 1.82) is 0 Å². The van der Waals surface area contributed by atoms with Gasteiger partial charge in [-0.25, -0.2) is 8.78 Å². The third-order valence-corrected chi connectivity index (χ3v) is 2.82. The molecule has 0 aliphatic heterocycles. The summed E-state index contributed by atoms with van der Waals surface area (Å²) in [4.78, 5) is 0. The van der Waals surface area contributed by atoms with E-state index in [0.29, 0.717) is 22.3 Å². The van der Waals surface area contributed by atoms with E-state index in [1.54, 1.807) is 24.3 Å². The minimum absolute atomic E-state index is 0.289. The van der Waals surface area contributed by atoms with Crippen molar-refractivity contribution < 1.29 is 8.78 Å². The van der Waals surface area contributed by atoms with Crippen molar-refractivity contribution in [2.45, 2.75) is 6.54 Å². The zero-order chi connectivity index (χ0) is 12.3. The normalized spacial score (nSPS) is 10.3. The molecule has 0 saturated carbocycles. The maximum absolute atomic E-state index is 13.5. The van der Waals surface area contributed by atoms with Crippen LogP contribution in [-0.4, -0.2) is 0 Å². The molecule has 0 heterocycles. The van der Waals surface area contributed by atoms with Gasteiger partial charge in [-0.15, -0.1) is 0 Å². The molecule has 0 atom stereocenters. The third-order valence-electron chi connectivity index (χ3n) is 2.32. The van der Waals surface area contributed by atoms with Gasteiger partial charge in [0, 0.05) is 22.3 Å². The number of benzene rings is 2. The molecule has 4 heteroatoms. The average Bonchev–Trinajstić information content (AvgIpc) is 2.28. The van der Waals surface area contributed by atoms with Gasteiger partial charge in [-0.3, -0.25) is 0 Å². The standard InChI is InChI=1S/C13H10BrF2N/c14-10-5-4-9(13(16)6-10)8-17-12-3-1-2-11(15)7-12/h1-7,17H,8H2. The molecule has 0 unspecified atom stereocenters. The van der Waals surface area contributed by atoms with Crippen LogP contribution in [0.1, 0.15) is 5.56 Å². The van der Waals surface area contributed by atoms with Crippen molar-refractivity contribution >= 4 is 21.6 Å². The first kappa shape index (κ1) is 12.0. The first-order valence-electron chi connectivity index (χ1n) is 5.08. The summed E-state index contributed by atoms with van der Waals surface area (Å²) < 4.78 is 27.1. The molecule has 2 rings (SSSR count). The van der Waals surface area contributed by atoms with E-state index in [1.807, 2.05) is 0 Å². The fraction of sp³-hybridized carbons (Fsp3) is 0.0769. The van der Waals surface area contributed by atoms with Crippen LogP contribution in [0.4, 0.5) is 14.5 Å². The van der Waals surface area contributed by atoms with Gasteiger partial charge >= 0.3 is 0 Å². The van der Waals surface area contributed by atoms with Crippen LogP contribution in [0.15, 0.2) is 46.9 Å². The molecule has 2 aromatic rings. The zero-order valence-corrected chi connectivity index (χ0v) is 10.5. The van der Waals surface area contributed by atoms with Crippen LogP contribution < -0.4 is 5.32 Å². The van der Waals surface area contributed by atoms with Crippen LogP contribution in [0, 0.1) is 11.6 Å². The highest BCUT2D eigenvalue weighted by Gasteiger charge is 2.02. The number of hydrogen-bond acceptors (Lipinski definition) is 1. The van der Waals surface area contributed by atoms with Crippen molar-refractivity contribution in [3.8, 4) is 0 Å². The fourth-order valence-corrected chi connectivity index (χ4v) is 1.79. The molecule has 1 N–H and O–H groups in total. The summed E-state index contributed by atoms with van der Waals surface area (Å²) in [6, 6.07) is 10.9. The average molecular weight is 298 g/mol. The largest absolute Gasteiger partial charge is 0.381 e. The predicted octanol–water partition coefficient (Wildman–Crippen LogP) is 4.34. The second kappa shape index (κ2) is 5.27. The number of anilines is 1. The first-order valence-corrected chi connectivity index (χ1v) is 5.88. The summed E-state index contributed by atoms with van der Waals surface area (Å²) in [6.07, 6.45) is 0. The van der Waals surface area contributed by atoms with E-state index < -0.39 is 0 Å². The SMILES string of the molecule is Fc1cccc(NCc2ccc(Br)cc2F)c1. The Hall–Kier alpha value is -1.42. The van der Waals surface area contributed by atoms with Crippen LogP contribution in [0.5, 0.6) is 0 Å². The van der Waals surface area contributed by atoms with Gasteiger partial charge in [-0.1, -0.05) is 28.1 Å². The van der Waals surface area contributed by atoms with Gasteiger partial charge < -0.3 is 5.32 Å². The summed E-state index contributed by atoms with van der Waals surface area (Å²) in [7, 11) is 0. The molecule has 0 bridgehead atoms. The molecule has 0 aliphatic carbocycles. The molecular weight excluding hydrogens is 288 g/mol. The molecule has 0 saturated heterocycles. The molecule has 0 aliphatic rings. The Kier molecular flexibility index (Phi) is 3.74. The lowest BCUT2D eigenvalue weighted by Crippen LogP contribution is -2.01. The molecule has 0 amide bonds. The number of nitrogens with one attached hydrogen (secondary N) is 1. The van der Waals surface area contributed by atoms with Crippen LogP contribution in [0.3, 0.4) is 0 Å². The zero-order valence-electron chi connectivity index (χ0n) is 8.88. The van der Waals surface area contributed by atoms with Gasteiger partial charge in [0.15, 0.2) is 0 Å². The minimum atomic E-state index is -0.314. The van der Waals surface area contributed by atoms with Gasteiger partial charge in [0.25, 0.3) is 0 Å². The number of halogens is 3. The molecule has 1 nitrogen and oxygen atoms in total. The highest BCUT2D eigenvalue weighted by Crippen LogP contribution is 2.17. The van der Waals surface area contributed by atoms with Crippen molar-refractivity contribution in [2.24, 2.45) is 0 Å². The molecule has 0 spiro atoms. The van der Waals surface area contributed by atoms with Gasteiger partial charge in [-0.2, -0.15) is 0 Å². The quantitative estimate of drug-likeness (QED) is 0.889. The Labute approximate surface area is 107 Å². The van der Waals surface area contributed by atoms with E-state index in [0.717, 1.165) is 0 Å². The Morgan fingerprint density at radius 1 is 1.06 bits per heavy atom. The Morgan fingerprint density at radius 3 is 2.59 bits per heavy atom. The third kappa shape index (κ3) is 3.27. The van der Waals surface area contributed by atoms with Crippen LogP contribution in [0.2, 0.25) is 0 Å². The Bertz CT molecular complexity index is 529. The van der Waals surface area contributed by atoms with Crippen LogP contribution in [0.25, 0.3) is 0 Å². The minimum Gasteiger partial charge on any atom is -0.381 e. The topological polar surface area (TPSA) is 12.0 Å². The van der Waals surface area contributed by atoms with E-state index in [9.17, 15) is 8.78 Å². The summed E-state index contributed by atoms with van der Waals surface area (Å²) in [6.45, 7) is 0.322. The van der Waals surface area contributed by atoms with Gasteiger partial charge in [-0.05, 0) is 30.3 Å². The summed E-state index contributed by atoms with van der Waals surface area (Å²) in [5.74, 6) is -0.602. The molecule has 2 aromatic carbocycles. The Morgan fingerprint density at radius 2 is 1.88 bits per heavy atom. The van der Waals surface area contributed by atoms with E-state index in [-0.39, 0.29) is 11.6 Å². The lowest BCUT2D eigenvalue weighted by molar-refractivity contribution is 0.612. The molecule has 0 fully saturated rings. The highest BCUT2D eigenvalue weighted by molar-refractivity contribution is 9.10. The number of rotatable bonds is 3. The van der Waals surface area contributed by atoms with Crippen molar-refractivity contribution in [2.75, 3.05) is 5.32 Å². The lowest BCUT2D eigenvalue weighted by Gasteiger charge is -2.07. The van der Waals surface area contributed by atoms with E-state index >= 15 is 0 Å². The fourth-order valence-electron chi connectivity index (χ4n) is 1.46. The maximum Gasteiger partial charge on any atom is 0.129 e. The van der Waals surface area contributed by atoms with Crippen LogP contribution in [-0.2, 0) is 6.54 Å². The van der Waals surface area contributed by atoms with E-state index in [2.05, 4.69) is 21.2 Å². The molecule has 0 radical (unpaired) electrons. The van der Waals surface area contributed by atoms with Crippen molar-refractivity contribution in [3.05, 3.63) is 64.1 Å². The summed E-state index contributed by atoms with van der Waals surface area (Å²) in [5, 5.41) is 2.97. The second-order valence-electron chi connectivity index (χ2n) is 3.60. The van der Waals surface area contributed by atoms with Gasteiger partial charge in [0.1, 0.15) is 11.6 Å². The second-order valence-corrected chi connectivity index (χ2v) is 4.52. The molecule has 0 aromatic heterocycles. The molecular formula is C13H10BrF2N. The van der Waals surface area contributed by atoms with Gasteiger partial charge in [0.05, 0.1) is 0 Å². The number of hydrogen-bond donors (Lipinski definition) is 1. The maximum atomic E-state index is 13.5.